The van der Waals surface area contributed by atoms with Gasteiger partial charge >= 0.3 is 6.61 Å². The number of piperidine rings is 1. The number of carbonyl (C=O) groups excluding carboxylic acids is 1. The minimum Gasteiger partial charge on any atom is -0.434 e. The molecule has 1 atom stereocenters. The van der Waals surface area contributed by atoms with E-state index in [9.17, 15) is 13.6 Å². The van der Waals surface area contributed by atoms with Crippen molar-refractivity contribution in [2.24, 2.45) is 0 Å². The number of alkyl halides is 2. The van der Waals surface area contributed by atoms with Crippen molar-refractivity contribution >= 4 is 5.91 Å². The molecule has 1 aliphatic rings. The van der Waals surface area contributed by atoms with E-state index in [1.54, 1.807) is 24.1 Å². The quantitative estimate of drug-likeness (QED) is 0.920. The summed E-state index contributed by atoms with van der Waals surface area (Å²) in [5, 5.41) is 3.22. The first-order chi connectivity index (χ1) is 9.59. The van der Waals surface area contributed by atoms with Crippen molar-refractivity contribution in [3.8, 4) is 5.75 Å². The zero-order chi connectivity index (χ0) is 14.5. The van der Waals surface area contributed by atoms with Crippen molar-refractivity contribution in [3.63, 3.8) is 0 Å². The van der Waals surface area contributed by atoms with Crippen LogP contribution in [-0.4, -0.2) is 43.6 Å². The van der Waals surface area contributed by atoms with E-state index in [4.69, 9.17) is 0 Å². The molecule has 0 spiro atoms. The van der Waals surface area contributed by atoms with Crippen molar-refractivity contribution in [3.05, 3.63) is 29.8 Å². The highest BCUT2D eigenvalue weighted by molar-refractivity contribution is 5.97. The molecule has 110 valence electrons. The Morgan fingerprint density at radius 1 is 1.45 bits per heavy atom. The van der Waals surface area contributed by atoms with Gasteiger partial charge in [0.15, 0.2) is 0 Å². The molecule has 1 aliphatic heterocycles. The summed E-state index contributed by atoms with van der Waals surface area (Å²) in [7, 11) is 1.69. The van der Waals surface area contributed by atoms with E-state index in [0.717, 1.165) is 25.9 Å². The van der Waals surface area contributed by atoms with Crippen LogP contribution in [0.4, 0.5) is 8.78 Å². The molecule has 2 rings (SSSR count). The topological polar surface area (TPSA) is 41.6 Å². The first kappa shape index (κ1) is 14.7. The van der Waals surface area contributed by atoms with Gasteiger partial charge in [0.2, 0.25) is 0 Å². The number of nitrogens with one attached hydrogen (secondary N) is 1. The number of halogens is 2. The Kier molecular flexibility index (Phi) is 4.89. The Hall–Kier alpha value is -1.69. The third-order valence-corrected chi connectivity index (χ3v) is 3.47. The molecule has 1 saturated heterocycles. The van der Waals surface area contributed by atoms with E-state index in [1.807, 2.05) is 0 Å². The van der Waals surface area contributed by atoms with Gasteiger partial charge < -0.3 is 15.0 Å². The monoisotopic (exact) mass is 284 g/mol. The molecule has 1 N–H and O–H groups in total. The second-order valence-electron chi connectivity index (χ2n) is 4.79. The number of para-hydroxylation sites is 1. The van der Waals surface area contributed by atoms with Crippen LogP contribution in [0.3, 0.4) is 0 Å². The lowest BCUT2D eigenvalue weighted by Gasteiger charge is -2.32. The van der Waals surface area contributed by atoms with Crippen molar-refractivity contribution < 1.29 is 18.3 Å². The summed E-state index contributed by atoms with van der Waals surface area (Å²) in [5.74, 6) is -0.377. The Balaban J connectivity index is 2.15. The molecule has 1 heterocycles. The van der Waals surface area contributed by atoms with Crippen LogP contribution >= 0.6 is 0 Å². The summed E-state index contributed by atoms with van der Waals surface area (Å²) in [6.45, 7) is -1.27. The maximum Gasteiger partial charge on any atom is 0.387 e. The van der Waals surface area contributed by atoms with Gasteiger partial charge in [0.05, 0.1) is 5.56 Å². The maximum atomic E-state index is 12.4. The van der Waals surface area contributed by atoms with Crippen LogP contribution in [-0.2, 0) is 0 Å². The number of hydrogen-bond donors (Lipinski definition) is 1. The molecule has 6 heteroatoms. The standard InChI is InChI=1S/C14H18F2N2O2/c1-18(10-5-4-8-17-9-10)13(19)11-6-2-3-7-12(11)20-14(15)16/h2-3,6-7,10,14,17H,4-5,8-9H2,1H3. The second-order valence-corrected chi connectivity index (χ2v) is 4.79. The molecular weight excluding hydrogens is 266 g/mol. The number of benzene rings is 1. The number of likely N-dealkylation sites (N-methyl/N-ethyl adjacent to an activating group) is 1. The van der Waals surface area contributed by atoms with Crippen LogP contribution in [0.15, 0.2) is 24.3 Å². The predicted molar refractivity (Wildman–Crippen MR) is 71.1 cm³/mol. The molecule has 1 fully saturated rings. The van der Waals surface area contributed by atoms with E-state index in [2.05, 4.69) is 10.1 Å². The molecule has 1 aromatic rings. The van der Waals surface area contributed by atoms with Crippen LogP contribution in [0.1, 0.15) is 23.2 Å². The third-order valence-electron chi connectivity index (χ3n) is 3.47. The van der Waals surface area contributed by atoms with Gasteiger partial charge in [-0.25, -0.2) is 0 Å². The summed E-state index contributed by atoms with van der Waals surface area (Å²) in [6, 6.07) is 6.17. The molecule has 20 heavy (non-hydrogen) atoms. The molecule has 0 aliphatic carbocycles. The lowest BCUT2D eigenvalue weighted by atomic mass is 10.0. The predicted octanol–water partition coefficient (Wildman–Crippen LogP) is 2.11. The largest absolute Gasteiger partial charge is 0.434 e. The molecule has 1 amide bonds. The van der Waals surface area contributed by atoms with E-state index in [-0.39, 0.29) is 23.3 Å². The average Bonchev–Trinajstić information content (AvgIpc) is 2.46. The molecule has 1 aromatic carbocycles. The minimum atomic E-state index is -2.94. The van der Waals surface area contributed by atoms with Gasteiger partial charge in [-0.05, 0) is 31.5 Å². The molecule has 4 nitrogen and oxygen atoms in total. The van der Waals surface area contributed by atoms with Crippen LogP contribution in [0.5, 0.6) is 5.75 Å². The van der Waals surface area contributed by atoms with E-state index < -0.39 is 6.61 Å². The van der Waals surface area contributed by atoms with Gasteiger partial charge in [0, 0.05) is 19.6 Å². The number of nitrogens with zero attached hydrogens (tertiary/aromatic N) is 1. The average molecular weight is 284 g/mol. The summed E-state index contributed by atoms with van der Waals surface area (Å²) >= 11 is 0. The molecular formula is C14H18F2N2O2. The highest BCUT2D eigenvalue weighted by atomic mass is 19.3. The van der Waals surface area contributed by atoms with Gasteiger partial charge in [-0.15, -0.1) is 0 Å². The Labute approximate surface area is 116 Å². The normalized spacial score (nSPS) is 18.9. The van der Waals surface area contributed by atoms with Crippen LogP contribution in [0, 0.1) is 0 Å². The zero-order valence-corrected chi connectivity index (χ0v) is 11.3. The van der Waals surface area contributed by atoms with Crippen molar-refractivity contribution in [1.82, 2.24) is 10.2 Å². The number of rotatable bonds is 4. The Morgan fingerprint density at radius 3 is 2.85 bits per heavy atom. The van der Waals surface area contributed by atoms with Crippen molar-refractivity contribution in [2.75, 3.05) is 20.1 Å². The minimum absolute atomic E-state index is 0.0795. The molecule has 0 saturated carbocycles. The summed E-state index contributed by atoms with van der Waals surface area (Å²) in [5.41, 5.74) is 0.167. The van der Waals surface area contributed by atoms with Crippen LogP contribution < -0.4 is 10.1 Å². The van der Waals surface area contributed by atoms with Crippen molar-refractivity contribution in [2.45, 2.75) is 25.5 Å². The SMILES string of the molecule is CN(C(=O)c1ccccc1OC(F)F)C1CCCNC1. The van der Waals surface area contributed by atoms with Gasteiger partial charge in [-0.1, -0.05) is 12.1 Å². The van der Waals surface area contributed by atoms with Gasteiger partial charge in [-0.3, -0.25) is 4.79 Å². The number of ether oxygens (including phenoxy) is 1. The van der Waals surface area contributed by atoms with Gasteiger partial charge in [-0.2, -0.15) is 8.78 Å². The second kappa shape index (κ2) is 6.65. The van der Waals surface area contributed by atoms with Gasteiger partial charge in [0.1, 0.15) is 5.75 Å². The lowest BCUT2D eigenvalue weighted by molar-refractivity contribution is -0.0503. The molecule has 0 radical (unpaired) electrons. The highest BCUT2D eigenvalue weighted by Gasteiger charge is 2.25. The van der Waals surface area contributed by atoms with E-state index >= 15 is 0 Å². The molecule has 1 unspecified atom stereocenters. The van der Waals surface area contributed by atoms with E-state index in [0.29, 0.717) is 0 Å². The van der Waals surface area contributed by atoms with Crippen molar-refractivity contribution in [1.29, 1.82) is 0 Å². The lowest BCUT2D eigenvalue weighted by Crippen LogP contribution is -2.46. The van der Waals surface area contributed by atoms with E-state index in [1.165, 1.54) is 12.1 Å². The highest BCUT2D eigenvalue weighted by Crippen LogP contribution is 2.23. The fourth-order valence-electron chi connectivity index (χ4n) is 2.36. The summed E-state index contributed by atoms with van der Waals surface area (Å²) in [4.78, 5) is 14.0. The molecule has 0 bridgehead atoms. The third kappa shape index (κ3) is 3.45. The maximum absolute atomic E-state index is 12.4. The molecule has 0 aromatic heterocycles. The van der Waals surface area contributed by atoms with Crippen LogP contribution in [0.2, 0.25) is 0 Å². The van der Waals surface area contributed by atoms with Gasteiger partial charge in [0.25, 0.3) is 5.91 Å². The fraction of sp³-hybridized carbons (Fsp3) is 0.500. The fourth-order valence-corrected chi connectivity index (χ4v) is 2.36. The smallest absolute Gasteiger partial charge is 0.387 e. The first-order valence-electron chi connectivity index (χ1n) is 6.61. The number of carbonyl (C=O) groups is 1. The summed E-state index contributed by atoms with van der Waals surface area (Å²) in [6.07, 6.45) is 1.91. The Bertz CT molecular complexity index is 462. The number of hydrogen-bond acceptors (Lipinski definition) is 3. The summed E-state index contributed by atoms with van der Waals surface area (Å²) < 4.78 is 29.1. The first-order valence-corrected chi connectivity index (χ1v) is 6.61. The van der Waals surface area contributed by atoms with Crippen LogP contribution in [0.25, 0.3) is 0 Å². The number of amides is 1. The Morgan fingerprint density at radius 2 is 2.20 bits per heavy atom. The zero-order valence-electron chi connectivity index (χ0n) is 11.3.